The minimum absolute atomic E-state index is 0.196. The number of carbonyl (C=O) groups is 1. The Hall–Kier alpha value is -1.29. The van der Waals surface area contributed by atoms with Crippen molar-refractivity contribution in [2.75, 3.05) is 14.1 Å². The second-order valence-corrected chi connectivity index (χ2v) is 4.48. The van der Waals surface area contributed by atoms with Gasteiger partial charge in [-0.15, -0.1) is 0 Å². The molecule has 1 atom stereocenters. The van der Waals surface area contributed by atoms with Gasteiger partial charge in [-0.25, -0.2) is 8.78 Å². The Bertz CT molecular complexity index is 431. The van der Waals surface area contributed by atoms with E-state index < -0.39 is 17.2 Å². The molecule has 0 fully saturated rings. The monoisotopic (exact) mass is 241 g/mol. The van der Waals surface area contributed by atoms with Crippen LogP contribution in [-0.4, -0.2) is 30.3 Å². The second kappa shape index (κ2) is 4.92. The van der Waals surface area contributed by atoms with Crippen LogP contribution in [0.2, 0.25) is 0 Å². The highest BCUT2D eigenvalue weighted by Gasteiger charge is 2.34. The third-order valence-corrected chi connectivity index (χ3v) is 3.35. The van der Waals surface area contributed by atoms with Crippen molar-refractivity contribution in [2.45, 2.75) is 25.8 Å². The fourth-order valence-corrected chi connectivity index (χ4v) is 1.63. The number of hydrogen-bond acceptors (Lipinski definition) is 2. The molecule has 1 aromatic rings. The van der Waals surface area contributed by atoms with Crippen molar-refractivity contribution in [3.63, 3.8) is 0 Å². The summed E-state index contributed by atoms with van der Waals surface area (Å²) in [5.74, 6) is -2.14. The summed E-state index contributed by atoms with van der Waals surface area (Å²) in [7, 11) is 3.59. The molecule has 4 heteroatoms. The van der Waals surface area contributed by atoms with Crippen molar-refractivity contribution in [1.29, 1.82) is 0 Å². The van der Waals surface area contributed by atoms with E-state index in [-0.39, 0.29) is 11.3 Å². The zero-order valence-electron chi connectivity index (χ0n) is 10.6. The molecule has 2 nitrogen and oxygen atoms in total. The van der Waals surface area contributed by atoms with Gasteiger partial charge in [0.1, 0.15) is 0 Å². The fraction of sp³-hybridized carbons (Fsp3) is 0.462. The number of ketones is 1. The lowest BCUT2D eigenvalue weighted by atomic mass is 9.87. The lowest BCUT2D eigenvalue weighted by molar-refractivity contribution is 0.0710. The molecule has 0 heterocycles. The van der Waals surface area contributed by atoms with E-state index in [2.05, 4.69) is 0 Å². The molecular formula is C13H17F2NO. The summed E-state index contributed by atoms with van der Waals surface area (Å²) in [6.07, 6.45) is 0.595. The molecule has 1 rings (SSSR count). The van der Waals surface area contributed by atoms with Crippen LogP contribution >= 0.6 is 0 Å². The molecule has 0 aliphatic heterocycles. The lowest BCUT2D eigenvalue weighted by Crippen LogP contribution is -2.48. The zero-order valence-corrected chi connectivity index (χ0v) is 10.6. The van der Waals surface area contributed by atoms with Crippen molar-refractivity contribution in [3.05, 3.63) is 35.4 Å². The van der Waals surface area contributed by atoms with Crippen LogP contribution in [0.4, 0.5) is 8.78 Å². The maximum Gasteiger partial charge on any atom is 0.182 e. The fourth-order valence-electron chi connectivity index (χ4n) is 1.63. The number of halogens is 2. The first kappa shape index (κ1) is 13.8. The Morgan fingerprint density at radius 2 is 1.88 bits per heavy atom. The number of hydrogen-bond donors (Lipinski definition) is 0. The van der Waals surface area contributed by atoms with Crippen LogP contribution in [0.5, 0.6) is 0 Å². The van der Waals surface area contributed by atoms with E-state index in [0.29, 0.717) is 6.42 Å². The van der Waals surface area contributed by atoms with E-state index in [0.717, 1.165) is 12.1 Å². The third kappa shape index (κ3) is 2.52. The Morgan fingerprint density at radius 3 is 2.29 bits per heavy atom. The van der Waals surface area contributed by atoms with Crippen molar-refractivity contribution in [1.82, 2.24) is 4.90 Å². The molecule has 0 amide bonds. The van der Waals surface area contributed by atoms with Gasteiger partial charge in [0.05, 0.1) is 5.54 Å². The van der Waals surface area contributed by atoms with Crippen LogP contribution < -0.4 is 0 Å². The van der Waals surface area contributed by atoms with Gasteiger partial charge in [-0.3, -0.25) is 9.69 Å². The Balaban J connectivity index is 3.15. The highest BCUT2D eigenvalue weighted by atomic mass is 19.2. The van der Waals surface area contributed by atoms with Gasteiger partial charge in [0.25, 0.3) is 0 Å². The normalized spacial score (nSPS) is 14.8. The summed E-state index contributed by atoms with van der Waals surface area (Å²) in [4.78, 5) is 14.1. The summed E-state index contributed by atoms with van der Waals surface area (Å²) in [5, 5.41) is 0. The molecule has 1 aromatic carbocycles. The molecule has 0 N–H and O–H groups in total. The van der Waals surface area contributed by atoms with Gasteiger partial charge in [-0.1, -0.05) is 6.92 Å². The SMILES string of the molecule is CCC(C)(C(=O)c1ccc(F)c(F)c1)N(C)C. The van der Waals surface area contributed by atoms with E-state index >= 15 is 0 Å². The molecule has 0 aliphatic rings. The van der Waals surface area contributed by atoms with Crippen LogP contribution in [0, 0.1) is 11.6 Å². The first-order valence-electron chi connectivity index (χ1n) is 5.50. The summed E-state index contributed by atoms with van der Waals surface area (Å²) in [6, 6.07) is 3.25. The number of rotatable bonds is 4. The van der Waals surface area contributed by atoms with Crippen LogP contribution in [0.25, 0.3) is 0 Å². The van der Waals surface area contributed by atoms with Gasteiger partial charge in [0.15, 0.2) is 17.4 Å². The van der Waals surface area contributed by atoms with Crippen molar-refractivity contribution in [3.8, 4) is 0 Å². The topological polar surface area (TPSA) is 20.3 Å². The predicted octanol–water partition coefficient (Wildman–Crippen LogP) is 2.88. The highest BCUT2D eigenvalue weighted by molar-refractivity contribution is 6.02. The minimum Gasteiger partial charge on any atom is -0.297 e. The van der Waals surface area contributed by atoms with Gasteiger partial charge in [0, 0.05) is 5.56 Å². The first-order chi connectivity index (χ1) is 7.82. The predicted molar refractivity (Wildman–Crippen MR) is 63.1 cm³/mol. The molecule has 94 valence electrons. The molecule has 0 saturated carbocycles. The molecule has 17 heavy (non-hydrogen) atoms. The van der Waals surface area contributed by atoms with Crippen LogP contribution in [0.1, 0.15) is 30.6 Å². The van der Waals surface area contributed by atoms with Crippen LogP contribution in [0.15, 0.2) is 18.2 Å². The molecule has 0 bridgehead atoms. The average molecular weight is 241 g/mol. The van der Waals surface area contributed by atoms with E-state index in [1.807, 2.05) is 6.92 Å². The Labute approximate surface area is 100 Å². The molecule has 0 radical (unpaired) electrons. The lowest BCUT2D eigenvalue weighted by Gasteiger charge is -2.34. The quantitative estimate of drug-likeness (QED) is 0.755. The van der Waals surface area contributed by atoms with E-state index in [1.54, 1.807) is 25.9 Å². The van der Waals surface area contributed by atoms with Gasteiger partial charge < -0.3 is 0 Å². The first-order valence-corrected chi connectivity index (χ1v) is 5.50. The summed E-state index contributed by atoms with van der Waals surface area (Å²) in [5.41, 5.74) is -0.508. The van der Waals surface area contributed by atoms with Crippen LogP contribution in [-0.2, 0) is 0 Å². The zero-order chi connectivity index (χ0) is 13.2. The van der Waals surface area contributed by atoms with E-state index in [1.165, 1.54) is 6.07 Å². The van der Waals surface area contributed by atoms with Crippen molar-refractivity contribution < 1.29 is 13.6 Å². The molecule has 0 spiro atoms. The van der Waals surface area contributed by atoms with Crippen molar-refractivity contribution >= 4 is 5.78 Å². The number of Topliss-reactive ketones (excluding diaryl/α,β-unsaturated/α-hetero) is 1. The smallest absolute Gasteiger partial charge is 0.182 e. The van der Waals surface area contributed by atoms with Crippen molar-refractivity contribution in [2.24, 2.45) is 0 Å². The largest absolute Gasteiger partial charge is 0.297 e. The third-order valence-electron chi connectivity index (χ3n) is 3.35. The average Bonchev–Trinajstić information content (AvgIpc) is 2.30. The molecule has 0 aromatic heterocycles. The highest BCUT2D eigenvalue weighted by Crippen LogP contribution is 2.23. The second-order valence-electron chi connectivity index (χ2n) is 4.48. The summed E-state index contributed by atoms with van der Waals surface area (Å²) >= 11 is 0. The minimum atomic E-state index is -0.993. The number of benzene rings is 1. The molecular weight excluding hydrogens is 224 g/mol. The van der Waals surface area contributed by atoms with Crippen LogP contribution in [0.3, 0.4) is 0 Å². The van der Waals surface area contributed by atoms with E-state index in [9.17, 15) is 13.6 Å². The number of carbonyl (C=O) groups excluding carboxylic acids is 1. The summed E-state index contributed by atoms with van der Waals surface area (Å²) in [6.45, 7) is 3.67. The van der Waals surface area contributed by atoms with Gasteiger partial charge in [-0.2, -0.15) is 0 Å². The van der Waals surface area contributed by atoms with E-state index in [4.69, 9.17) is 0 Å². The number of likely N-dealkylation sites (N-methyl/N-ethyl adjacent to an activating group) is 1. The maximum atomic E-state index is 13.1. The van der Waals surface area contributed by atoms with Gasteiger partial charge in [-0.05, 0) is 45.6 Å². The molecule has 0 saturated heterocycles. The molecule has 1 unspecified atom stereocenters. The summed E-state index contributed by atoms with van der Waals surface area (Å²) < 4.78 is 25.9. The molecule has 0 aliphatic carbocycles. The van der Waals surface area contributed by atoms with Gasteiger partial charge in [0.2, 0.25) is 0 Å². The Morgan fingerprint density at radius 1 is 1.29 bits per heavy atom. The van der Waals surface area contributed by atoms with Gasteiger partial charge >= 0.3 is 0 Å². The standard InChI is InChI=1S/C13H17F2NO/c1-5-13(2,16(3)4)12(17)9-6-7-10(14)11(15)8-9/h6-8H,5H2,1-4H3. The Kier molecular flexibility index (Phi) is 3.98. The number of nitrogens with zero attached hydrogens (tertiary/aromatic N) is 1. The maximum absolute atomic E-state index is 13.1.